The summed E-state index contributed by atoms with van der Waals surface area (Å²) in [5.74, 6) is -1.92. The van der Waals surface area contributed by atoms with Gasteiger partial charge < -0.3 is 14.6 Å². The Kier molecular flexibility index (Phi) is 5.10. The van der Waals surface area contributed by atoms with Crippen molar-refractivity contribution >= 4 is 0 Å². The molecule has 0 radical (unpaired) electrons. The molecule has 1 aromatic rings. The monoisotopic (exact) mass is 272 g/mol. The fourth-order valence-electron chi connectivity index (χ4n) is 2.20. The van der Waals surface area contributed by atoms with Gasteiger partial charge in [-0.25, -0.2) is 8.78 Å². The summed E-state index contributed by atoms with van der Waals surface area (Å²) in [7, 11) is 0. The van der Waals surface area contributed by atoms with E-state index in [1.165, 1.54) is 0 Å². The number of benzene rings is 1. The molecule has 3 nitrogen and oxygen atoms in total. The fourth-order valence-corrected chi connectivity index (χ4v) is 2.20. The van der Waals surface area contributed by atoms with E-state index in [-0.39, 0.29) is 24.0 Å². The minimum absolute atomic E-state index is 0.196. The van der Waals surface area contributed by atoms with Crippen LogP contribution in [0.5, 0.6) is 5.75 Å². The molecular weight excluding hydrogens is 254 g/mol. The number of hydrogen-bond donors (Lipinski definition) is 1. The molecule has 2 rings (SSSR count). The van der Waals surface area contributed by atoms with Crippen molar-refractivity contribution in [1.29, 1.82) is 0 Å². The number of ether oxygens (including phenoxy) is 2. The van der Waals surface area contributed by atoms with Crippen molar-refractivity contribution in [3.8, 4) is 5.75 Å². The van der Waals surface area contributed by atoms with Gasteiger partial charge in [0.15, 0.2) is 17.4 Å². The first kappa shape index (κ1) is 14.2. The quantitative estimate of drug-likeness (QED) is 0.809. The zero-order valence-corrected chi connectivity index (χ0v) is 10.7. The van der Waals surface area contributed by atoms with Crippen LogP contribution in [0.2, 0.25) is 0 Å². The Labute approximate surface area is 111 Å². The van der Waals surface area contributed by atoms with Crippen LogP contribution in [-0.4, -0.2) is 24.4 Å². The van der Waals surface area contributed by atoms with Crippen LogP contribution in [0.25, 0.3) is 0 Å². The molecule has 1 aromatic carbocycles. The highest BCUT2D eigenvalue weighted by atomic mass is 19.1. The van der Waals surface area contributed by atoms with Crippen LogP contribution in [0.15, 0.2) is 12.1 Å². The van der Waals surface area contributed by atoms with Gasteiger partial charge in [0.1, 0.15) is 0 Å². The van der Waals surface area contributed by atoms with E-state index in [2.05, 4.69) is 0 Å². The lowest BCUT2D eigenvalue weighted by molar-refractivity contribution is 0.0977. The molecule has 1 saturated heterocycles. The average molecular weight is 272 g/mol. The number of aliphatic hydroxyl groups is 1. The number of hydrogen-bond acceptors (Lipinski definition) is 3. The molecule has 1 atom stereocenters. The van der Waals surface area contributed by atoms with Crippen LogP contribution in [0.4, 0.5) is 8.78 Å². The summed E-state index contributed by atoms with van der Waals surface area (Å²) in [6.07, 6.45) is 3.93. The van der Waals surface area contributed by atoms with Gasteiger partial charge in [-0.05, 0) is 43.4 Å². The predicted molar refractivity (Wildman–Crippen MR) is 66.0 cm³/mol. The molecule has 1 N–H and O–H groups in total. The van der Waals surface area contributed by atoms with E-state index in [0.29, 0.717) is 6.42 Å². The van der Waals surface area contributed by atoms with Crippen LogP contribution in [-0.2, 0) is 11.3 Å². The number of rotatable bonds is 6. The largest absolute Gasteiger partial charge is 0.488 e. The average Bonchev–Trinajstić information content (AvgIpc) is 2.89. The third-order valence-electron chi connectivity index (χ3n) is 3.18. The second-order valence-corrected chi connectivity index (χ2v) is 4.67. The van der Waals surface area contributed by atoms with Gasteiger partial charge in [-0.3, -0.25) is 0 Å². The van der Waals surface area contributed by atoms with Crippen LogP contribution in [0.1, 0.15) is 31.2 Å². The third-order valence-corrected chi connectivity index (χ3v) is 3.18. The van der Waals surface area contributed by atoms with Crippen LogP contribution in [0, 0.1) is 11.6 Å². The van der Waals surface area contributed by atoms with Gasteiger partial charge in [0.05, 0.1) is 19.3 Å². The minimum atomic E-state index is -0.777. The van der Waals surface area contributed by atoms with Crippen LogP contribution >= 0.6 is 0 Å². The fraction of sp³-hybridized carbons (Fsp3) is 0.571. The summed E-state index contributed by atoms with van der Waals surface area (Å²) >= 11 is 0. The van der Waals surface area contributed by atoms with E-state index in [0.717, 1.165) is 38.0 Å². The number of halogens is 2. The van der Waals surface area contributed by atoms with E-state index in [9.17, 15) is 8.78 Å². The van der Waals surface area contributed by atoms with E-state index < -0.39 is 18.2 Å². The Hall–Kier alpha value is -1.20. The zero-order valence-electron chi connectivity index (χ0n) is 10.7. The summed E-state index contributed by atoms with van der Waals surface area (Å²) < 4.78 is 37.6. The maximum Gasteiger partial charge on any atom is 0.190 e. The highest BCUT2D eigenvalue weighted by Gasteiger charge is 2.16. The molecule has 19 heavy (non-hydrogen) atoms. The lowest BCUT2D eigenvalue weighted by atomic mass is 10.1. The smallest absolute Gasteiger partial charge is 0.190 e. The molecule has 0 saturated carbocycles. The van der Waals surface area contributed by atoms with Crippen molar-refractivity contribution in [3.63, 3.8) is 0 Å². The molecule has 1 fully saturated rings. The highest BCUT2D eigenvalue weighted by Crippen LogP contribution is 2.24. The first-order valence-electron chi connectivity index (χ1n) is 6.54. The van der Waals surface area contributed by atoms with Gasteiger partial charge in [0, 0.05) is 6.61 Å². The Balaban J connectivity index is 1.81. The number of aliphatic hydroxyl groups excluding tert-OH is 1. The zero-order chi connectivity index (χ0) is 13.7. The molecule has 0 aromatic heterocycles. The topological polar surface area (TPSA) is 38.7 Å². The third kappa shape index (κ3) is 3.88. The first-order chi connectivity index (χ1) is 9.20. The summed E-state index contributed by atoms with van der Waals surface area (Å²) in [6.45, 7) is 0.663. The van der Waals surface area contributed by atoms with Crippen molar-refractivity contribution in [2.75, 3.05) is 13.2 Å². The molecule has 1 heterocycles. The standard InChI is InChI=1S/C14H18F2O3/c15-12-7-10(9-17)8-13(16)14(12)19-6-2-4-11-3-1-5-18-11/h7-8,11,17H,1-6,9H2. The molecule has 1 aliphatic heterocycles. The molecular formula is C14H18F2O3. The minimum Gasteiger partial charge on any atom is -0.488 e. The van der Waals surface area contributed by atoms with Crippen LogP contribution in [0.3, 0.4) is 0 Å². The van der Waals surface area contributed by atoms with E-state index in [4.69, 9.17) is 14.6 Å². The maximum absolute atomic E-state index is 13.5. The SMILES string of the molecule is OCc1cc(F)c(OCCCC2CCCO2)c(F)c1. The van der Waals surface area contributed by atoms with Crippen molar-refractivity contribution in [2.45, 2.75) is 38.4 Å². The van der Waals surface area contributed by atoms with Gasteiger partial charge in [-0.1, -0.05) is 0 Å². The lowest BCUT2D eigenvalue weighted by Gasteiger charge is -2.11. The van der Waals surface area contributed by atoms with Crippen LogP contribution < -0.4 is 4.74 Å². The summed E-state index contributed by atoms with van der Waals surface area (Å²) in [5, 5.41) is 8.82. The van der Waals surface area contributed by atoms with E-state index >= 15 is 0 Å². The maximum atomic E-state index is 13.5. The summed E-state index contributed by atoms with van der Waals surface area (Å²) in [4.78, 5) is 0. The molecule has 0 amide bonds. The van der Waals surface area contributed by atoms with Crippen molar-refractivity contribution in [2.24, 2.45) is 0 Å². The predicted octanol–water partition coefficient (Wildman–Crippen LogP) is 2.80. The van der Waals surface area contributed by atoms with Gasteiger partial charge in [-0.15, -0.1) is 0 Å². The summed E-state index contributed by atoms with van der Waals surface area (Å²) in [5.41, 5.74) is 0.196. The lowest BCUT2D eigenvalue weighted by Crippen LogP contribution is -2.09. The highest BCUT2D eigenvalue weighted by molar-refractivity contribution is 5.31. The van der Waals surface area contributed by atoms with Gasteiger partial charge in [-0.2, -0.15) is 0 Å². The molecule has 0 spiro atoms. The van der Waals surface area contributed by atoms with E-state index in [1.54, 1.807) is 0 Å². The Morgan fingerprint density at radius 2 is 2.05 bits per heavy atom. The van der Waals surface area contributed by atoms with Gasteiger partial charge in [0.2, 0.25) is 0 Å². The molecule has 1 aliphatic rings. The van der Waals surface area contributed by atoms with Crippen molar-refractivity contribution in [1.82, 2.24) is 0 Å². The normalized spacial score (nSPS) is 18.8. The van der Waals surface area contributed by atoms with Gasteiger partial charge in [0.25, 0.3) is 0 Å². The Bertz CT molecular complexity index is 394. The Morgan fingerprint density at radius 1 is 1.32 bits per heavy atom. The molecule has 0 aliphatic carbocycles. The Morgan fingerprint density at radius 3 is 2.63 bits per heavy atom. The van der Waals surface area contributed by atoms with Crippen molar-refractivity contribution < 1.29 is 23.4 Å². The second-order valence-electron chi connectivity index (χ2n) is 4.67. The molecule has 1 unspecified atom stereocenters. The van der Waals surface area contributed by atoms with Crippen molar-refractivity contribution in [3.05, 3.63) is 29.3 Å². The molecule has 5 heteroatoms. The summed E-state index contributed by atoms with van der Waals surface area (Å²) in [6, 6.07) is 2.16. The van der Waals surface area contributed by atoms with Gasteiger partial charge >= 0.3 is 0 Å². The van der Waals surface area contributed by atoms with E-state index in [1.807, 2.05) is 0 Å². The molecule has 0 bridgehead atoms. The second kappa shape index (κ2) is 6.82. The first-order valence-corrected chi connectivity index (χ1v) is 6.54. The molecule has 106 valence electrons.